The van der Waals surface area contributed by atoms with E-state index in [-0.39, 0.29) is 17.0 Å². The minimum absolute atomic E-state index is 0. The summed E-state index contributed by atoms with van der Waals surface area (Å²) in [6, 6.07) is 18.9. The predicted octanol–water partition coefficient (Wildman–Crippen LogP) is 8.03. The van der Waals surface area contributed by atoms with Gasteiger partial charge in [-0.2, -0.15) is 10.2 Å². The van der Waals surface area contributed by atoms with Crippen LogP contribution in [0.3, 0.4) is 0 Å². The summed E-state index contributed by atoms with van der Waals surface area (Å²) >= 11 is 4.27. The van der Waals surface area contributed by atoms with Gasteiger partial charge in [0.05, 0.1) is 21.3 Å². The number of carbonyl (C=O) groups is 1. The molecule has 2 aromatic heterocycles. The quantitative estimate of drug-likeness (QED) is 0.186. The van der Waals surface area contributed by atoms with Gasteiger partial charge in [-0.05, 0) is 48.7 Å². The van der Waals surface area contributed by atoms with Gasteiger partial charge in [0.2, 0.25) is 0 Å². The zero-order valence-electron chi connectivity index (χ0n) is 16.2. The number of rotatable bonds is 7. The first-order chi connectivity index (χ1) is 14.6. The summed E-state index contributed by atoms with van der Waals surface area (Å²) in [5.74, 6) is -0.917. The zero-order chi connectivity index (χ0) is 20.9. The van der Waals surface area contributed by atoms with Crippen molar-refractivity contribution in [2.75, 3.05) is 11.6 Å². The molecule has 4 aromatic rings. The Hall–Kier alpha value is -2.53. The van der Waals surface area contributed by atoms with E-state index in [0.717, 1.165) is 37.7 Å². The number of hydrogen-bond donors (Lipinski definition) is 2. The summed E-state index contributed by atoms with van der Waals surface area (Å²) in [7, 11) is 0. The fraction of sp³-hybridized carbons (Fsp3) is 0.0476. The van der Waals surface area contributed by atoms with Gasteiger partial charge in [0.1, 0.15) is 4.88 Å². The number of nitrogens with one attached hydrogen (secondary N) is 1. The maximum atomic E-state index is 11.3. The van der Waals surface area contributed by atoms with E-state index in [0.29, 0.717) is 4.88 Å². The van der Waals surface area contributed by atoms with Gasteiger partial charge < -0.3 is 10.4 Å². The van der Waals surface area contributed by atoms with Gasteiger partial charge in [0, 0.05) is 16.6 Å². The van der Waals surface area contributed by atoms with Crippen LogP contribution in [0.25, 0.3) is 11.3 Å². The maximum Gasteiger partial charge on any atom is 0.345 e. The lowest BCUT2D eigenvalue weighted by atomic mass is 10.2. The van der Waals surface area contributed by atoms with Crippen molar-refractivity contribution < 1.29 is 9.90 Å². The Bertz CT molecular complexity index is 1190. The molecule has 6 nitrogen and oxygen atoms in total. The fourth-order valence-electron chi connectivity index (χ4n) is 2.61. The van der Waals surface area contributed by atoms with Crippen LogP contribution in [0.15, 0.2) is 80.5 Å². The van der Waals surface area contributed by atoms with Crippen LogP contribution in [-0.2, 0) is 0 Å². The number of nitrogens with zero attached hydrogens (tertiary/aromatic N) is 3. The Morgan fingerprint density at radius 1 is 1.06 bits per heavy atom. The molecule has 0 aliphatic carbocycles. The largest absolute Gasteiger partial charge is 0.477 e. The molecule has 0 aliphatic heterocycles. The van der Waals surface area contributed by atoms with E-state index < -0.39 is 5.97 Å². The summed E-state index contributed by atoms with van der Waals surface area (Å²) < 4.78 is 0.942. The Morgan fingerprint density at radius 2 is 1.74 bits per heavy atom. The smallest absolute Gasteiger partial charge is 0.345 e. The minimum atomic E-state index is -0.917. The Balaban J connectivity index is 0.00000272. The number of benzene rings is 2. The van der Waals surface area contributed by atoms with Crippen molar-refractivity contribution in [1.82, 2.24) is 4.98 Å². The highest BCUT2D eigenvalue weighted by molar-refractivity contribution is 8.93. The molecule has 2 N–H and O–H groups in total. The van der Waals surface area contributed by atoms with Crippen LogP contribution in [0, 0.1) is 0 Å². The molecule has 158 valence electrons. The molecule has 2 aromatic carbocycles. The van der Waals surface area contributed by atoms with Crippen molar-refractivity contribution in [1.29, 1.82) is 0 Å². The lowest BCUT2D eigenvalue weighted by molar-refractivity contribution is 0.0702. The van der Waals surface area contributed by atoms with E-state index >= 15 is 0 Å². The van der Waals surface area contributed by atoms with Gasteiger partial charge in [0.25, 0.3) is 0 Å². The highest BCUT2D eigenvalue weighted by Crippen LogP contribution is 2.39. The molecule has 31 heavy (non-hydrogen) atoms. The van der Waals surface area contributed by atoms with E-state index in [1.165, 1.54) is 34.4 Å². The first kappa shape index (κ1) is 23.1. The average molecular weight is 533 g/mol. The molecule has 0 fully saturated rings. The Kier molecular flexibility index (Phi) is 7.97. The second-order valence-electron chi connectivity index (χ2n) is 6.07. The zero-order valence-corrected chi connectivity index (χ0v) is 20.3. The standard InChI is InChI=1S/C21H16N4O2S3.BrH/c1-28-20-16(11-18(30-20)19(26)27)17-12-29-21(23-17)22-13-7-9-15(10-8-13)25-24-14-5-3-2-4-6-14;/h2-12H,1H3,(H,22,23)(H,26,27);1H. The fourth-order valence-corrected chi connectivity index (χ4v) is 5.06. The van der Waals surface area contributed by atoms with Gasteiger partial charge in [0.15, 0.2) is 5.13 Å². The van der Waals surface area contributed by atoms with Gasteiger partial charge in [-0.3, -0.25) is 0 Å². The number of azo groups is 1. The van der Waals surface area contributed by atoms with E-state index in [1.807, 2.05) is 66.2 Å². The number of aromatic nitrogens is 1. The lowest BCUT2D eigenvalue weighted by Crippen LogP contribution is -1.90. The van der Waals surface area contributed by atoms with Crippen molar-refractivity contribution in [2.45, 2.75) is 4.21 Å². The number of thioether (sulfide) groups is 1. The maximum absolute atomic E-state index is 11.3. The van der Waals surface area contributed by atoms with Crippen LogP contribution in [0.4, 0.5) is 22.2 Å². The first-order valence-corrected chi connectivity index (χ1v) is 11.8. The monoisotopic (exact) mass is 532 g/mol. The molecule has 0 radical (unpaired) electrons. The van der Waals surface area contributed by atoms with Gasteiger partial charge in [-0.1, -0.05) is 18.2 Å². The predicted molar refractivity (Wildman–Crippen MR) is 135 cm³/mol. The minimum Gasteiger partial charge on any atom is -0.477 e. The molecule has 0 spiro atoms. The topological polar surface area (TPSA) is 86.9 Å². The summed E-state index contributed by atoms with van der Waals surface area (Å²) in [5.41, 5.74) is 4.07. The normalized spacial score (nSPS) is 10.7. The molecule has 0 bridgehead atoms. The number of thiazole rings is 1. The van der Waals surface area contributed by atoms with Crippen molar-refractivity contribution in [3.63, 3.8) is 0 Å². The number of halogens is 1. The SMILES string of the molecule is Br.CSc1sc(C(=O)O)cc1-c1csc(Nc2ccc(N=Nc3ccccc3)cc2)n1. The second kappa shape index (κ2) is 10.7. The van der Waals surface area contributed by atoms with Gasteiger partial charge in [-0.15, -0.1) is 51.4 Å². The lowest BCUT2D eigenvalue weighted by Gasteiger charge is -2.02. The van der Waals surface area contributed by atoms with E-state index in [1.54, 1.807) is 6.07 Å². The number of thiophene rings is 1. The van der Waals surface area contributed by atoms with Crippen molar-refractivity contribution in [3.05, 3.63) is 70.9 Å². The number of hydrogen-bond acceptors (Lipinski definition) is 8. The molecule has 0 amide bonds. The van der Waals surface area contributed by atoms with Crippen LogP contribution in [0.2, 0.25) is 0 Å². The van der Waals surface area contributed by atoms with E-state index in [9.17, 15) is 9.90 Å². The molecule has 0 aliphatic rings. The molecule has 2 heterocycles. The van der Waals surface area contributed by atoms with Crippen LogP contribution in [0.5, 0.6) is 0 Å². The molecule has 4 rings (SSSR count). The number of carboxylic acid groups (broad SMARTS) is 1. The number of carboxylic acids is 1. The Labute approximate surface area is 201 Å². The van der Waals surface area contributed by atoms with Crippen LogP contribution >= 0.6 is 51.4 Å². The molecule has 10 heteroatoms. The summed E-state index contributed by atoms with van der Waals surface area (Å²) in [5, 5.41) is 23.6. The molecule has 0 saturated carbocycles. The van der Waals surface area contributed by atoms with Crippen LogP contribution in [0.1, 0.15) is 9.67 Å². The summed E-state index contributed by atoms with van der Waals surface area (Å²) in [6.07, 6.45) is 1.93. The number of aromatic carboxylic acids is 1. The third kappa shape index (κ3) is 5.79. The Morgan fingerprint density at radius 3 is 2.39 bits per heavy atom. The summed E-state index contributed by atoms with van der Waals surface area (Å²) in [4.78, 5) is 16.2. The average Bonchev–Trinajstić information content (AvgIpc) is 3.41. The van der Waals surface area contributed by atoms with Crippen molar-refractivity contribution in [3.8, 4) is 11.3 Å². The highest BCUT2D eigenvalue weighted by Gasteiger charge is 2.17. The summed E-state index contributed by atoms with van der Waals surface area (Å²) in [6.45, 7) is 0. The van der Waals surface area contributed by atoms with Crippen molar-refractivity contribution >= 4 is 79.6 Å². The third-order valence-electron chi connectivity index (χ3n) is 4.03. The highest BCUT2D eigenvalue weighted by atomic mass is 79.9. The van der Waals surface area contributed by atoms with Crippen molar-refractivity contribution in [2.24, 2.45) is 10.2 Å². The van der Waals surface area contributed by atoms with Crippen LogP contribution < -0.4 is 5.32 Å². The third-order valence-corrected chi connectivity index (χ3v) is 7.05. The van der Waals surface area contributed by atoms with Gasteiger partial charge >= 0.3 is 5.97 Å². The number of anilines is 2. The molecular formula is C21H17BrN4O2S3. The molecule has 0 unspecified atom stereocenters. The molecule has 0 saturated heterocycles. The molecular weight excluding hydrogens is 516 g/mol. The van der Waals surface area contributed by atoms with Gasteiger partial charge in [-0.25, -0.2) is 9.78 Å². The first-order valence-electron chi connectivity index (χ1n) is 8.83. The van der Waals surface area contributed by atoms with E-state index in [2.05, 4.69) is 20.5 Å². The molecule has 0 atom stereocenters. The second-order valence-corrected chi connectivity index (χ2v) is 9.05. The van der Waals surface area contributed by atoms with Crippen LogP contribution in [-0.4, -0.2) is 22.3 Å². The van der Waals surface area contributed by atoms with E-state index in [4.69, 9.17) is 0 Å².